The number of ether oxygens (including phenoxy) is 1. The molecule has 0 amide bonds. The lowest BCUT2D eigenvalue weighted by molar-refractivity contribution is 0.223. The second-order valence-corrected chi connectivity index (χ2v) is 9.25. The molecule has 0 aliphatic carbocycles. The average molecular weight is 457 g/mol. The summed E-state index contributed by atoms with van der Waals surface area (Å²) in [5.74, 6) is 1.50. The number of unbranched alkanes of at least 4 members (excludes halogenated alkanes) is 10. The number of benzene rings is 1. The van der Waals surface area contributed by atoms with E-state index >= 15 is 0 Å². The summed E-state index contributed by atoms with van der Waals surface area (Å²) in [6.07, 6.45) is 20.8. The van der Waals surface area contributed by atoms with Crippen LogP contribution in [0, 0.1) is 0 Å². The van der Waals surface area contributed by atoms with Gasteiger partial charge in [-0.1, -0.05) is 84.5 Å². The van der Waals surface area contributed by atoms with Crippen LogP contribution in [-0.4, -0.2) is 22.7 Å². The Balaban J connectivity index is 1.62. The van der Waals surface area contributed by atoms with Gasteiger partial charge in [0, 0.05) is 24.4 Å². The molecule has 0 radical (unpaired) electrons. The maximum absolute atomic E-state index is 13.7. The predicted molar refractivity (Wildman–Crippen MR) is 138 cm³/mol. The third-order valence-corrected chi connectivity index (χ3v) is 6.21. The maximum Gasteiger partial charge on any atom is 0.159 e. The van der Waals surface area contributed by atoms with Crippen molar-refractivity contribution in [3.63, 3.8) is 0 Å². The minimum absolute atomic E-state index is 0.411. The highest BCUT2D eigenvalue weighted by atomic mass is 19.1. The molecule has 4 heteroatoms. The quantitative estimate of drug-likeness (QED) is 0.198. The van der Waals surface area contributed by atoms with Crippen molar-refractivity contribution in [3.8, 4) is 17.1 Å². The maximum atomic E-state index is 13.7. The molecule has 1 atom stereocenters. The van der Waals surface area contributed by atoms with Gasteiger partial charge in [0.25, 0.3) is 0 Å². The molecule has 0 spiro atoms. The zero-order valence-corrected chi connectivity index (χ0v) is 21.0. The van der Waals surface area contributed by atoms with Gasteiger partial charge in [-0.15, -0.1) is 0 Å². The number of rotatable bonds is 19. The fraction of sp³-hybridized carbons (Fsp3) is 0.655. The first-order chi connectivity index (χ1) is 16.2. The molecule has 2 rings (SSSR count). The summed E-state index contributed by atoms with van der Waals surface area (Å²) in [5.41, 5.74) is 2.18. The predicted octanol–water partition coefficient (Wildman–Crippen LogP) is 8.90. The van der Waals surface area contributed by atoms with Gasteiger partial charge in [0.15, 0.2) is 5.82 Å². The van der Waals surface area contributed by atoms with Crippen LogP contribution in [0.5, 0.6) is 5.75 Å². The molecule has 1 unspecified atom stereocenters. The Hall–Kier alpha value is -1.97. The zero-order chi connectivity index (χ0) is 23.6. The highest BCUT2D eigenvalue weighted by Crippen LogP contribution is 2.20. The minimum Gasteiger partial charge on any atom is -0.493 e. The lowest BCUT2D eigenvalue weighted by atomic mass is 10.0. The average Bonchev–Trinajstić information content (AvgIpc) is 2.85. The van der Waals surface area contributed by atoms with Gasteiger partial charge >= 0.3 is 0 Å². The van der Waals surface area contributed by atoms with Crippen LogP contribution >= 0.6 is 0 Å². The van der Waals surface area contributed by atoms with Crippen LogP contribution in [0.3, 0.4) is 0 Å². The first-order valence-corrected chi connectivity index (χ1v) is 13.4. The lowest BCUT2D eigenvalue weighted by Crippen LogP contribution is -2.07. The van der Waals surface area contributed by atoms with E-state index in [1.54, 1.807) is 0 Å². The normalized spacial score (nSPS) is 12.1. The second-order valence-electron chi connectivity index (χ2n) is 9.25. The molecular weight excluding hydrogens is 411 g/mol. The van der Waals surface area contributed by atoms with E-state index in [1.165, 1.54) is 69.8 Å². The van der Waals surface area contributed by atoms with Crippen molar-refractivity contribution in [1.82, 2.24) is 9.97 Å². The van der Waals surface area contributed by atoms with E-state index in [1.807, 2.05) is 36.7 Å². The molecule has 184 valence electrons. The van der Waals surface area contributed by atoms with Crippen molar-refractivity contribution < 1.29 is 9.13 Å². The first kappa shape index (κ1) is 27.3. The van der Waals surface area contributed by atoms with Crippen LogP contribution in [0.25, 0.3) is 11.4 Å². The van der Waals surface area contributed by atoms with Crippen molar-refractivity contribution in [2.45, 2.75) is 116 Å². The van der Waals surface area contributed by atoms with Crippen LogP contribution in [0.1, 0.15) is 109 Å². The van der Waals surface area contributed by atoms with Crippen molar-refractivity contribution in [3.05, 3.63) is 42.2 Å². The smallest absolute Gasteiger partial charge is 0.159 e. The fourth-order valence-electron chi connectivity index (χ4n) is 4.02. The summed E-state index contributed by atoms with van der Waals surface area (Å²) < 4.78 is 19.4. The van der Waals surface area contributed by atoms with Crippen LogP contribution in [-0.2, 0) is 6.42 Å². The molecule has 0 N–H and O–H groups in total. The largest absolute Gasteiger partial charge is 0.493 e. The third kappa shape index (κ3) is 12.2. The molecule has 0 fully saturated rings. The topological polar surface area (TPSA) is 35.0 Å². The van der Waals surface area contributed by atoms with E-state index in [0.717, 1.165) is 36.4 Å². The molecule has 3 nitrogen and oxygen atoms in total. The molecule has 0 saturated heterocycles. The Morgan fingerprint density at radius 3 is 1.91 bits per heavy atom. The molecule has 1 heterocycles. The summed E-state index contributed by atoms with van der Waals surface area (Å²) in [5, 5.41) is 0. The lowest BCUT2D eigenvalue weighted by Gasteiger charge is -2.10. The number of aryl methyl sites for hydroxylation is 1. The molecule has 33 heavy (non-hydrogen) atoms. The molecule has 0 saturated carbocycles. The molecule has 1 aromatic heterocycles. The van der Waals surface area contributed by atoms with Gasteiger partial charge in [-0.2, -0.15) is 0 Å². The summed E-state index contributed by atoms with van der Waals surface area (Å²) in [4.78, 5) is 9.11. The van der Waals surface area contributed by atoms with Crippen molar-refractivity contribution in [2.75, 3.05) is 6.61 Å². The van der Waals surface area contributed by atoms with E-state index in [-0.39, 0.29) is 0 Å². The van der Waals surface area contributed by atoms with Crippen molar-refractivity contribution >= 4 is 0 Å². The Kier molecular flexibility index (Phi) is 14.5. The number of hydrogen-bond acceptors (Lipinski definition) is 3. The minimum atomic E-state index is -0.767. The van der Waals surface area contributed by atoms with Gasteiger partial charge in [0.2, 0.25) is 0 Å². The van der Waals surface area contributed by atoms with Gasteiger partial charge in [-0.3, -0.25) is 0 Å². The summed E-state index contributed by atoms with van der Waals surface area (Å²) in [7, 11) is 0. The van der Waals surface area contributed by atoms with Gasteiger partial charge in [0.05, 0.1) is 6.61 Å². The molecule has 0 bridgehead atoms. The SMILES string of the molecule is CCCCCCCCCCCCc1cnc(-c2ccc(OCCC(F)CCCC)cc2)nc1. The number of nitrogens with zero attached hydrogens (tertiary/aromatic N) is 2. The molecule has 0 aliphatic rings. The first-order valence-electron chi connectivity index (χ1n) is 13.4. The zero-order valence-electron chi connectivity index (χ0n) is 21.0. The van der Waals surface area contributed by atoms with Crippen LogP contribution in [0.2, 0.25) is 0 Å². The number of hydrogen-bond donors (Lipinski definition) is 0. The van der Waals surface area contributed by atoms with E-state index < -0.39 is 6.17 Å². The van der Waals surface area contributed by atoms with Gasteiger partial charge in [-0.25, -0.2) is 14.4 Å². The Labute approximate surface area is 201 Å². The standard InChI is InChI=1S/C29H45FN2O/c1-3-5-7-8-9-10-11-12-13-14-15-25-23-31-29(32-24-25)26-17-19-28(20-18-26)33-22-21-27(30)16-6-4-2/h17-20,23-24,27H,3-16,21-22H2,1-2H3. The van der Waals surface area contributed by atoms with Crippen LogP contribution in [0.4, 0.5) is 4.39 Å². The van der Waals surface area contributed by atoms with Crippen molar-refractivity contribution in [1.29, 1.82) is 0 Å². The van der Waals surface area contributed by atoms with E-state index in [2.05, 4.69) is 23.8 Å². The van der Waals surface area contributed by atoms with E-state index in [4.69, 9.17) is 4.74 Å². The molecule has 1 aromatic carbocycles. The number of halogens is 1. The Morgan fingerprint density at radius 1 is 0.727 bits per heavy atom. The number of aromatic nitrogens is 2. The Morgan fingerprint density at radius 2 is 1.30 bits per heavy atom. The monoisotopic (exact) mass is 456 g/mol. The van der Waals surface area contributed by atoms with Gasteiger partial charge < -0.3 is 4.74 Å². The third-order valence-electron chi connectivity index (χ3n) is 6.21. The highest BCUT2D eigenvalue weighted by molar-refractivity contribution is 5.55. The summed E-state index contributed by atoms with van der Waals surface area (Å²) in [6, 6.07) is 7.76. The van der Waals surface area contributed by atoms with E-state index in [0.29, 0.717) is 19.4 Å². The summed E-state index contributed by atoms with van der Waals surface area (Å²) in [6.45, 7) is 4.77. The van der Waals surface area contributed by atoms with Crippen LogP contribution in [0.15, 0.2) is 36.7 Å². The Bertz CT molecular complexity index is 717. The molecule has 2 aromatic rings. The number of alkyl halides is 1. The molecular formula is C29H45FN2O. The molecule has 0 aliphatic heterocycles. The fourth-order valence-corrected chi connectivity index (χ4v) is 4.02. The van der Waals surface area contributed by atoms with Crippen LogP contribution < -0.4 is 4.74 Å². The van der Waals surface area contributed by atoms with E-state index in [9.17, 15) is 4.39 Å². The van der Waals surface area contributed by atoms with Gasteiger partial charge in [0.1, 0.15) is 11.9 Å². The second kappa shape index (κ2) is 17.5. The van der Waals surface area contributed by atoms with Crippen molar-refractivity contribution in [2.24, 2.45) is 0 Å². The highest BCUT2D eigenvalue weighted by Gasteiger charge is 2.07. The summed E-state index contributed by atoms with van der Waals surface area (Å²) >= 11 is 0. The van der Waals surface area contributed by atoms with Gasteiger partial charge in [-0.05, 0) is 49.1 Å².